The van der Waals surface area contributed by atoms with Crippen molar-refractivity contribution in [2.45, 2.75) is 12.5 Å². The Hall–Kier alpha value is -2.39. The summed E-state index contributed by atoms with van der Waals surface area (Å²) in [5.74, 6) is 0. The molecule has 20 heavy (non-hydrogen) atoms. The number of hydrogen-bond donors (Lipinski definition) is 2. The lowest BCUT2D eigenvalue weighted by Gasteiger charge is -2.11. The van der Waals surface area contributed by atoms with Crippen LogP contribution in [0.3, 0.4) is 0 Å². The minimum absolute atomic E-state index is 0.480. The van der Waals surface area contributed by atoms with E-state index in [0.717, 1.165) is 22.2 Å². The average Bonchev–Trinajstić information content (AvgIpc) is 2.47. The first-order chi connectivity index (χ1) is 9.72. The summed E-state index contributed by atoms with van der Waals surface area (Å²) in [5.41, 5.74) is 9.04. The molecule has 3 N–H and O–H groups in total. The number of pyridine rings is 1. The van der Waals surface area contributed by atoms with Crippen LogP contribution in [0, 0.1) is 0 Å². The van der Waals surface area contributed by atoms with Gasteiger partial charge in [0.1, 0.15) is 0 Å². The Balaban J connectivity index is 1.85. The highest BCUT2D eigenvalue weighted by Crippen LogP contribution is 2.20. The fraction of sp³-hybridized carbons (Fsp3) is 0.118. The molecule has 3 rings (SSSR count). The third kappa shape index (κ3) is 2.63. The molecule has 3 nitrogen and oxygen atoms in total. The molecule has 0 bridgehead atoms. The van der Waals surface area contributed by atoms with E-state index in [4.69, 9.17) is 5.73 Å². The van der Waals surface area contributed by atoms with Gasteiger partial charge in [0.15, 0.2) is 0 Å². The van der Waals surface area contributed by atoms with Gasteiger partial charge in [0.2, 0.25) is 0 Å². The minimum Gasteiger partial charge on any atom is -0.399 e. The minimum atomic E-state index is -0.591. The molecular formula is C17H16N2O. The first-order valence-electron chi connectivity index (χ1n) is 6.60. The summed E-state index contributed by atoms with van der Waals surface area (Å²) >= 11 is 0. The van der Waals surface area contributed by atoms with Crippen molar-refractivity contribution in [3.8, 4) is 0 Å². The molecule has 0 fully saturated rings. The number of rotatable bonds is 3. The van der Waals surface area contributed by atoms with Gasteiger partial charge in [-0.2, -0.15) is 0 Å². The summed E-state index contributed by atoms with van der Waals surface area (Å²) in [6.45, 7) is 0. The monoisotopic (exact) mass is 264 g/mol. The number of hydrogen-bond acceptors (Lipinski definition) is 3. The molecule has 100 valence electrons. The van der Waals surface area contributed by atoms with E-state index in [1.165, 1.54) is 0 Å². The van der Waals surface area contributed by atoms with Gasteiger partial charge >= 0.3 is 0 Å². The molecule has 0 aliphatic heterocycles. The van der Waals surface area contributed by atoms with Gasteiger partial charge in [0.25, 0.3) is 0 Å². The molecule has 0 amide bonds. The van der Waals surface area contributed by atoms with Crippen molar-refractivity contribution < 1.29 is 5.11 Å². The largest absolute Gasteiger partial charge is 0.399 e. The van der Waals surface area contributed by atoms with E-state index in [1.807, 2.05) is 54.6 Å². The molecule has 0 saturated heterocycles. The van der Waals surface area contributed by atoms with Crippen molar-refractivity contribution in [3.05, 3.63) is 71.9 Å². The van der Waals surface area contributed by atoms with Crippen LogP contribution >= 0.6 is 0 Å². The smallest absolute Gasteiger partial charge is 0.0846 e. The molecule has 1 aromatic heterocycles. The second kappa shape index (κ2) is 5.31. The molecule has 1 heterocycles. The van der Waals surface area contributed by atoms with Crippen LogP contribution < -0.4 is 5.73 Å². The van der Waals surface area contributed by atoms with Crippen LogP contribution in [0.5, 0.6) is 0 Å². The van der Waals surface area contributed by atoms with Crippen LogP contribution in [0.2, 0.25) is 0 Å². The summed E-state index contributed by atoms with van der Waals surface area (Å²) in [7, 11) is 0. The van der Waals surface area contributed by atoms with Gasteiger partial charge in [-0.25, -0.2) is 0 Å². The molecule has 3 heteroatoms. The number of fused-ring (bicyclic) bond motifs is 1. The third-order valence-corrected chi connectivity index (χ3v) is 3.35. The first kappa shape index (κ1) is 12.6. The highest BCUT2D eigenvalue weighted by Gasteiger charge is 2.10. The lowest BCUT2D eigenvalue weighted by Crippen LogP contribution is -2.04. The van der Waals surface area contributed by atoms with Gasteiger partial charge < -0.3 is 10.8 Å². The number of nitrogens with two attached hydrogens (primary N) is 1. The van der Waals surface area contributed by atoms with E-state index in [-0.39, 0.29) is 0 Å². The number of anilines is 1. The van der Waals surface area contributed by atoms with Crippen LogP contribution in [0.1, 0.15) is 17.4 Å². The van der Waals surface area contributed by atoms with Crippen molar-refractivity contribution in [2.24, 2.45) is 0 Å². The maximum Gasteiger partial charge on any atom is 0.0846 e. The van der Waals surface area contributed by atoms with Crippen molar-refractivity contribution in [2.75, 3.05) is 5.73 Å². The van der Waals surface area contributed by atoms with E-state index in [0.29, 0.717) is 12.1 Å². The van der Waals surface area contributed by atoms with Gasteiger partial charge in [-0.15, -0.1) is 0 Å². The number of nitrogens with zero attached hydrogens (tertiary/aromatic N) is 1. The van der Waals surface area contributed by atoms with E-state index >= 15 is 0 Å². The number of aromatic nitrogens is 1. The van der Waals surface area contributed by atoms with E-state index in [9.17, 15) is 5.11 Å². The number of aliphatic hydroxyl groups excluding tert-OH is 1. The van der Waals surface area contributed by atoms with Crippen molar-refractivity contribution in [1.82, 2.24) is 4.98 Å². The summed E-state index contributed by atoms with van der Waals surface area (Å²) in [6, 6.07) is 19.3. The van der Waals surface area contributed by atoms with E-state index in [2.05, 4.69) is 4.98 Å². The Morgan fingerprint density at radius 3 is 2.70 bits per heavy atom. The molecular weight excluding hydrogens is 248 g/mol. The van der Waals surface area contributed by atoms with Gasteiger partial charge in [0, 0.05) is 23.2 Å². The van der Waals surface area contributed by atoms with Crippen LogP contribution in [0.15, 0.2) is 60.7 Å². The van der Waals surface area contributed by atoms with Gasteiger partial charge in [0.05, 0.1) is 11.6 Å². The Morgan fingerprint density at radius 2 is 1.85 bits per heavy atom. The van der Waals surface area contributed by atoms with Gasteiger partial charge in [-0.05, 0) is 29.8 Å². The number of nitrogen functional groups attached to an aromatic ring is 1. The Bertz CT molecular complexity index is 740. The molecule has 0 aliphatic rings. The van der Waals surface area contributed by atoms with Crippen molar-refractivity contribution in [1.29, 1.82) is 0 Å². The van der Waals surface area contributed by atoms with Gasteiger partial charge in [-0.3, -0.25) is 4.98 Å². The second-order valence-corrected chi connectivity index (χ2v) is 4.89. The van der Waals surface area contributed by atoms with Crippen molar-refractivity contribution >= 4 is 16.6 Å². The normalized spacial score (nSPS) is 12.4. The van der Waals surface area contributed by atoms with E-state index < -0.39 is 6.10 Å². The number of para-hydroxylation sites is 1. The number of benzene rings is 2. The third-order valence-electron chi connectivity index (χ3n) is 3.35. The maximum atomic E-state index is 10.3. The quantitative estimate of drug-likeness (QED) is 0.715. The first-order valence-corrected chi connectivity index (χ1v) is 6.60. The summed E-state index contributed by atoms with van der Waals surface area (Å²) in [5, 5.41) is 11.4. The summed E-state index contributed by atoms with van der Waals surface area (Å²) < 4.78 is 0. The highest BCUT2D eigenvalue weighted by molar-refractivity contribution is 5.78. The molecule has 1 unspecified atom stereocenters. The SMILES string of the molecule is Nc1cccc(C(O)Cc2ccc3ccccc3n2)c1. The Morgan fingerprint density at radius 1 is 1.00 bits per heavy atom. The fourth-order valence-electron chi connectivity index (χ4n) is 2.30. The van der Waals surface area contributed by atoms with Gasteiger partial charge in [-0.1, -0.05) is 36.4 Å². The fourth-order valence-corrected chi connectivity index (χ4v) is 2.30. The zero-order valence-electron chi connectivity index (χ0n) is 11.0. The standard InChI is InChI=1S/C17H16N2O/c18-14-6-3-5-13(10-14)17(20)11-15-9-8-12-4-1-2-7-16(12)19-15/h1-10,17,20H,11,18H2. The number of aliphatic hydroxyl groups is 1. The van der Waals surface area contributed by atoms with E-state index in [1.54, 1.807) is 6.07 Å². The maximum absolute atomic E-state index is 10.3. The Kier molecular flexibility index (Phi) is 3.35. The molecule has 2 aromatic carbocycles. The molecule has 0 radical (unpaired) electrons. The van der Waals surface area contributed by atoms with Crippen LogP contribution in [-0.4, -0.2) is 10.1 Å². The highest BCUT2D eigenvalue weighted by atomic mass is 16.3. The molecule has 0 spiro atoms. The zero-order valence-corrected chi connectivity index (χ0v) is 11.0. The molecule has 0 saturated carbocycles. The lowest BCUT2D eigenvalue weighted by molar-refractivity contribution is 0.177. The topological polar surface area (TPSA) is 59.1 Å². The summed E-state index contributed by atoms with van der Waals surface area (Å²) in [4.78, 5) is 4.57. The van der Waals surface area contributed by atoms with Crippen LogP contribution in [0.25, 0.3) is 10.9 Å². The zero-order chi connectivity index (χ0) is 13.9. The van der Waals surface area contributed by atoms with Crippen LogP contribution in [0.4, 0.5) is 5.69 Å². The molecule has 3 aromatic rings. The predicted octanol–water partition coefficient (Wildman–Crippen LogP) is 3.09. The predicted molar refractivity (Wildman–Crippen MR) is 81.3 cm³/mol. The molecule has 0 aliphatic carbocycles. The summed E-state index contributed by atoms with van der Waals surface area (Å²) in [6.07, 6.45) is -0.110. The van der Waals surface area contributed by atoms with Crippen LogP contribution in [-0.2, 0) is 6.42 Å². The average molecular weight is 264 g/mol. The Labute approximate surface area is 117 Å². The van der Waals surface area contributed by atoms with Crippen molar-refractivity contribution in [3.63, 3.8) is 0 Å². The molecule has 1 atom stereocenters. The lowest BCUT2D eigenvalue weighted by atomic mass is 10.0. The second-order valence-electron chi connectivity index (χ2n) is 4.89.